The first kappa shape index (κ1) is 21.8. The number of hydrogen-bond acceptors (Lipinski definition) is 5. The van der Waals surface area contributed by atoms with Crippen LogP contribution in [0.3, 0.4) is 0 Å². The predicted molar refractivity (Wildman–Crippen MR) is 125 cm³/mol. The number of anilines is 1. The van der Waals surface area contributed by atoms with Crippen molar-refractivity contribution < 1.29 is 18.6 Å². The number of aliphatic imine (C=N–C) groups is 1. The van der Waals surface area contributed by atoms with Gasteiger partial charge in [0.05, 0.1) is 25.5 Å². The molecule has 3 aromatic rings. The summed E-state index contributed by atoms with van der Waals surface area (Å²) >= 11 is 0. The minimum absolute atomic E-state index is 0.265. The minimum atomic E-state index is -0.277. The van der Waals surface area contributed by atoms with E-state index in [1.54, 1.807) is 6.07 Å². The maximum absolute atomic E-state index is 13.4. The van der Waals surface area contributed by atoms with Gasteiger partial charge in [-0.1, -0.05) is 12.1 Å². The summed E-state index contributed by atoms with van der Waals surface area (Å²) in [5, 5.41) is 0. The van der Waals surface area contributed by atoms with Gasteiger partial charge in [0, 0.05) is 25.0 Å². The number of nitrogens with zero attached hydrogens (tertiary/aromatic N) is 2. The average Bonchev–Trinajstić information content (AvgIpc) is 2.83. The van der Waals surface area contributed by atoms with E-state index < -0.39 is 0 Å². The fourth-order valence-corrected chi connectivity index (χ4v) is 3.50. The fraction of sp³-hybridized carbons (Fsp3) is 0.269. The Morgan fingerprint density at radius 3 is 2.53 bits per heavy atom. The summed E-state index contributed by atoms with van der Waals surface area (Å²) < 4.78 is 30.4. The van der Waals surface area contributed by atoms with Crippen LogP contribution in [0.25, 0.3) is 0 Å². The van der Waals surface area contributed by atoms with Crippen molar-refractivity contribution in [2.45, 2.75) is 13.5 Å². The Kier molecular flexibility index (Phi) is 7.35. The van der Waals surface area contributed by atoms with Gasteiger partial charge in [-0.15, -0.1) is 0 Å². The molecule has 6 heteroatoms. The minimum Gasteiger partial charge on any atom is -0.490 e. The molecule has 5 nitrogen and oxygen atoms in total. The molecular formula is C26H27FN2O3. The topological polar surface area (TPSA) is 43.3 Å². The van der Waals surface area contributed by atoms with E-state index >= 15 is 0 Å². The Labute approximate surface area is 188 Å². The zero-order chi connectivity index (χ0) is 22.2. The summed E-state index contributed by atoms with van der Waals surface area (Å²) in [5.74, 6) is 0.972. The van der Waals surface area contributed by atoms with Crippen molar-refractivity contribution in [2.24, 2.45) is 4.99 Å². The van der Waals surface area contributed by atoms with Gasteiger partial charge in [-0.25, -0.2) is 4.39 Å². The average molecular weight is 435 g/mol. The molecule has 0 radical (unpaired) electrons. The smallest absolute Gasteiger partial charge is 0.161 e. The monoisotopic (exact) mass is 434 g/mol. The molecule has 1 heterocycles. The van der Waals surface area contributed by atoms with Crippen LogP contribution >= 0.6 is 0 Å². The van der Waals surface area contributed by atoms with Crippen LogP contribution < -0.4 is 14.4 Å². The van der Waals surface area contributed by atoms with Crippen LogP contribution in [0.15, 0.2) is 71.7 Å². The third-order valence-corrected chi connectivity index (χ3v) is 5.14. The number of rotatable bonds is 8. The molecule has 1 aliphatic rings. The molecule has 166 valence electrons. The molecule has 0 spiro atoms. The van der Waals surface area contributed by atoms with E-state index in [4.69, 9.17) is 14.2 Å². The molecule has 0 amide bonds. The lowest BCUT2D eigenvalue weighted by Gasteiger charge is -2.28. The second-order valence-electron chi connectivity index (χ2n) is 7.43. The Bertz CT molecular complexity index is 1050. The second kappa shape index (κ2) is 10.8. The first-order chi connectivity index (χ1) is 15.7. The number of benzene rings is 3. The van der Waals surface area contributed by atoms with E-state index in [2.05, 4.69) is 22.0 Å². The highest BCUT2D eigenvalue weighted by Gasteiger charge is 2.11. The number of morpholine rings is 1. The first-order valence-electron chi connectivity index (χ1n) is 10.8. The largest absolute Gasteiger partial charge is 0.490 e. The van der Waals surface area contributed by atoms with Gasteiger partial charge >= 0.3 is 0 Å². The summed E-state index contributed by atoms with van der Waals surface area (Å²) in [4.78, 5) is 6.90. The molecule has 1 aliphatic heterocycles. The Morgan fingerprint density at radius 2 is 1.78 bits per heavy atom. The fourth-order valence-electron chi connectivity index (χ4n) is 3.50. The lowest BCUT2D eigenvalue weighted by molar-refractivity contribution is 0.122. The zero-order valence-electron chi connectivity index (χ0n) is 18.2. The van der Waals surface area contributed by atoms with E-state index in [9.17, 15) is 4.39 Å². The summed E-state index contributed by atoms with van der Waals surface area (Å²) in [5.41, 5.74) is 3.74. The second-order valence-corrected chi connectivity index (χ2v) is 7.43. The molecule has 32 heavy (non-hydrogen) atoms. The van der Waals surface area contributed by atoms with Gasteiger partial charge < -0.3 is 19.1 Å². The van der Waals surface area contributed by atoms with E-state index in [1.165, 1.54) is 17.8 Å². The van der Waals surface area contributed by atoms with Gasteiger partial charge in [-0.2, -0.15) is 0 Å². The van der Waals surface area contributed by atoms with Crippen molar-refractivity contribution in [3.05, 3.63) is 83.7 Å². The number of hydrogen-bond donors (Lipinski definition) is 0. The maximum Gasteiger partial charge on any atom is 0.161 e. The van der Waals surface area contributed by atoms with Crippen LogP contribution in [-0.2, 0) is 11.3 Å². The maximum atomic E-state index is 13.4. The van der Waals surface area contributed by atoms with Crippen LogP contribution in [-0.4, -0.2) is 39.1 Å². The summed E-state index contributed by atoms with van der Waals surface area (Å²) in [7, 11) is 0. The molecule has 1 fully saturated rings. The highest BCUT2D eigenvalue weighted by atomic mass is 19.1. The molecule has 0 atom stereocenters. The van der Waals surface area contributed by atoms with Crippen molar-refractivity contribution >= 4 is 17.6 Å². The van der Waals surface area contributed by atoms with Crippen molar-refractivity contribution in [2.75, 3.05) is 37.8 Å². The Morgan fingerprint density at radius 1 is 0.969 bits per heavy atom. The van der Waals surface area contributed by atoms with Crippen molar-refractivity contribution in [1.29, 1.82) is 0 Å². The molecule has 0 saturated carbocycles. The molecular weight excluding hydrogens is 407 g/mol. The van der Waals surface area contributed by atoms with Gasteiger partial charge in [-0.05, 0) is 72.6 Å². The molecule has 0 aliphatic carbocycles. The van der Waals surface area contributed by atoms with Crippen molar-refractivity contribution in [1.82, 2.24) is 0 Å². The van der Waals surface area contributed by atoms with E-state index in [0.29, 0.717) is 18.1 Å². The van der Waals surface area contributed by atoms with Gasteiger partial charge in [0.25, 0.3) is 0 Å². The summed E-state index contributed by atoms with van der Waals surface area (Å²) in [6.07, 6.45) is 1.81. The van der Waals surface area contributed by atoms with E-state index in [-0.39, 0.29) is 12.4 Å². The number of ether oxygens (including phenoxy) is 3. The SMILES string of the molecule is CCOc1cc(C=Nc2ccc(N3CCOCC3)cc2)ccc1OCc1cccc(F)c1. The van der Waals surface area contributed by atoms with Gasteiger partial charge in [0.1, 0.15) is 12.4 Å². The Hall–Kier alpha value is -3.38. The highest BCUT2D eigenvalue weighted by Crippen LogP contribution is 2.29. The summed E-state index contributed by atoms with van der Waals surface area (Å²) in [6, 6.07) is 20.3. The third-order valence-electron chi connectivity index (χ3n) is 5.14. The molecule has 0 aromatic heterocycles. The van der Waals surface area contributed by atoms with Gasteiger partial charge in [0.15, 0.2) is 11.5 Å². The van der Waals surface area contributed by atoms with Crippen LogP contribution in [0.4, 0.5) is 15.8 Å². The van der Waals surface area contributed by atoms with E-state index in [0.717, 1.165) is 43.1 Å². The number of halogens is 1. The summed E-state index contributed by atoms with van der Waals surface area (Å²) in [6.45, 7) is 6.06. The predicted octanol–water partition coefficient (Wildman–Crippen LogP) is 5.39. The lowest BCUT2D eigenvalue weighted by Crippen LogP contribution is -2.36. The Balaban J connectivity index is 1.42. The van der Waals surface area contributed by atoms with Gasteiger partial charge in [0.2, 0.25) is 0 Å². The van der Waals surface area contributed by atoms with Crippen LogP contribution in [0.1, 0.15) is 18.1 Å². The highest BCUT2D eigenvalue weighted by molar-refractivity contribution is 5.83. The quantitative estimate of drug-likeness (QED) is 0.446. The van der Waals surface area contributed by atoms with Crippen LogP contribution in [0.2, 0.25) is 0 Å². The third kappa shape index (κ3) is 5.86. The lowest BCUT2D eigenvalue weighted by atomic mass is 10.2. The van der Waals surface area contributed by atoms with Crippen LogP contribution in [0.5, 0.6) is 11.5 Å². The standard InChI is InChI=1S/C26H27FN2O3/c1-2-31-26-17-20(6-11-25(26)32-19-21-4-3-5-22(27)16-21)18-28-23-7-9-24(10-8-23)29-12-14-30-15-13-29/h3-11,16-18H,2,12-15,19H2,1H3. The molecule has 3 aromatic carbocycles. The molecule has 4 rings (SSSR count). The normalized spacial score (nSPS) is 14.0. The molecule has 0 N–H and O–H groups in total. The van der Waals surface area contributed by atoms with Crippen molar-refractivity contribution in [3.63, 3.8) is 0 Å². The molecule has 0 unspecified atom stereocenters. The zero-order valence-corrected chi connectivity index (χ0v) is 18.2. The first-order valence-corrected chi connectivity index (χ1v) is 10.8. The van der Waals surface area contributed by atoms with Crippen LogP contribution in [0, 0.1) is 5.82 Å². The molecule has 0 bridgehead atoms. The van der Waals surface area contributed by atoms with E-state index in [1.807, 2.05) is 49.5 Å². The van der Waals surface area contributed by atoms with Crippen molar-refractivity contribution in [3.8, 4) is 11.5 Å². The van der Waals surface area contributed by atoms with Gasteiger partial charge in [-0.3, -0.25) is 4.99 Å². The molecule has 1 saturated heterocycles.